The molecule has 0 aliphatic rings. The first-order valence-electron chi connectivity index (χ1n) is 5.81. The highest BCUT2D eigenvalue weighted by Gasteiger charge is 2.20. The zero-order valence-electron chi connectivity index (χ0n) is 10.8. The molecule has 0 amide bonds. The van der Waals surface area contributed by atoms with Gasteiger partial charge in [-0.1, -0.05) is 6.07 Å². The molecule has 0 saturated heterocycles. The van der Waals surface area contributed by atoms with Crippen molar-refractivity contribution < 1.29 is 23.2 Å². The van der Waals surface area contributed by atoms with Gasteiger partial charge in [-0.25, -0.2) is 8.78 Å². The molecule has 7 heteroatoms. The van der Waals surface area contributed by atoms with Gasteiger partial charge in [-0.05, 0) is 31.2 Å². The Balaban J connectivity index is 2.51. The molecule has 0 heterocycles. The quantitative estimate of drug-likeness (QED) is 0.487. The van der Waals surface area contributed by atoms with Crippen LogP contribution in [0.15, 0.2) is 36.4 Å². The van der Waals surface area contributed by atoms with Crippen LogP contribution >= 0.6 is 0 Å². The number of nitrogens with zero attached hydrogens (tertiary/aromatic N) is 1. The number of nitro groups is 1. The van der Waals surface area contributed by atoms with E-state index in [0.29, 0.717) is 6.07 Å². The van der Waals surface area contributed by atoms with Crippen LogP contribution in [0.4, 0.5) is 14.5 Å². The molecule has 0 aliphatic heterocycles. The number of carbonyl (C=O) groups excluding carboxylic acids is 1. The molecule has 0 aliphatic carbocycles. The van der Waals surface area contributed by atoms with Gasteiger partial charge in [-0.3, -0.25) is 14.9 Å². The number of hydrogen-bond acceptors (Lipinski definition) is 4. The maximum atomic E-state index is 13.6. The van der Waals surface area contributed by atoms with Crippen molar-refractivity contribution in [2.45, 2.75) is 6.92 Å². The molecular weight excluding hydrogens is 284 g/mol. The van der Waals surface area contributed by atoms with E-state index >= 15 is 0 Å². The Hall–Kier alpha value is -2.83. The Kier molecular flexibility index (Phi) is 3.93. The largest absolute Gasteiger partial charge is 0.449 e. The summed E-state index contributed by atoms with van der Waals surface area (Å²) in [6, 6.07) is 6.36. The number of halogens is 2. The predicted octanol–water partition coefficient (Wildman–Crippen LogP) is 3.87. The van der Waals surface area contributed by atoms with Crippen molar-refractivity contribution in [1.29, 1.82) is 0 Å². The van der Waals surface area contributed by atoms with E-state index in [4.69, 9.17) is 4.74 Å². The number of nitro benzene ring substituents is 1. The van der Waals surface area contributed by atoms with Crippen LogP contribution in [0.25, 0.3) is 0 Å². The fourth-order valence-electron chi connectivity index (χ4n) is 1.77. The van der Waals surface area contributed by atoms with Crippen molar-refractivity contribution in [3.8, 4) is 11.5 Å². The van der Waals surface area contributed by atoms with E-state index < -0.39 is 28.0 Å². The Bertz CT molecular complexity index is 731. The maximum Gasteiger partial charge on any atom is 0.314 e. The van der Waals surface area contributed by atoms with Gasteiger partial charge < -0.3 is 4.74 Å². The number of Topliss-reactive ketones (excluding diaryl/α,β-unsaturated/α-hetero) is 1. The molecule has 21 heavy (non-hydrogen) atoms. The number of carbonyl (C=O) groups is 1. The lowest BCUT2D eigenvalue weighted by molar-refractivity contribution is -0.385. The monoisotopic (exact) mass is 293 g/mol. The van der Waals surface area contributed by atoms with Crippen LogP contribution in [-0.2, 0) is 0 Å². The Morgan fingerprint density at radius 2 is 1.90 bits per heavy atom. The third-order valence-corrected chi connectivity index (χ3v) is 2.67. The molecule has 5 nitrogen and oxygen atoms in total. The van der Waals surface area contributed by atoms with E-state index in [9.17, 15) is 23.7 Å². The van der Waals surface area contributed by atoms with E-state index in [1.54, 1.807) is 0 Å². The topological polar surface area (TPSA) is 69.4 Å². The van der Waals surface area contributed by atoms with Gasteiger partial charge >= 0.3 is 5.69 Å². The van der Waals surface area contributed by atoms with Crippen LogP contribution in [0.5, 0.6) is 11.5 Å². The second-order valence-corrected chi connectivity index (χ2v) is 4.14. The fraction of sp³-hybridized carbons (Fsp3) is 0.0714. The number of ketones is 1. The number of rotatable bonds is 4. The smallest absolute Gasteiger partial charge is 0.314 e. The van der Waals surface area contributed by atoms with Gasteiger partial charge in [-0.15, -0.1) is 0 Å². The minimum atomic E-state index is -0.828. The molecule has 2 aromatic rings. The summed E-state index contributed by atoms with van der Waals surface area (Å²) < 4.78 is 31.9. The summed E-state index contributed by atoms with van der Waals surface area (Å²) in [4.78, 5) is 21.5. The van der Waals surface area contributed by atoms with Gasteiger partial charge in [0.2, 0.25) is 5.75 Å². The fourth-order valence-corrected chi connectivity index (χ4v) is 1.77. The van der Waals surface area contributed by atoms with Crippen molar-refractivity contribution in [3.63, 3.8) is 0 Å². The van der Waals surface area contributed by atoms with Crippen LogP contribution < -0.4 is 4.74 Å². The third-order valence-electron chi connectivity index (χ3n) is 2.67. The molecule has 0 atom stereocenters. The minimum absolute atomic E-state index is 0.169. The highest BCUT2D eigenvalue weighted by atomic mass is 19.1. The van der Waals surface area contributed by atoms with Crippen molar-refractivity contribution in [1.82, 2.24) is 0 Å². The normalized spacial score (nSPS) is 10.2. The van der Waals surface area contributed by atoms with Gasteiger partial charge in [0, 0.05) is 0 Å². The second-order valence-electron chi connectivity index (χ2n) is 4.14. The Labute approximate surface area is 117 Å². The molecule has 0 saturated carbocycles. The lowest BCUT2D eigenvalue weighted by Gasteiger charge is -2.10. The summed E-state index contributed by atoms with van der Waals surface area (Å²) in [6.45, 7) is 1.14. The average Bonchev–Trinajstić information content (AvgIpc) is 2.40. The molecule has 2 rings (SSSR count). The van der Waals surface area contributed by atoms with Gasteiger partial charge in [0.05, 0.1) is 16.6 Å². The molecule has 0 N–H and O–H groups in total. The third kappa shape index (κ3) is 3.02. The SMILES string of the molecule is CC(=O)c1c(F)cccc1Oc1ccc(F)cc1[N+](=O)[O-]. The van der Waals surface area contributed by atoms with Crippen LogP contribution in [0.1, 0.15) is 17.3 Å². The molecule has 0 spiro atoms. The van der Waals surface area contributed by atoms with E-state index in [1.165, 1.54) is 12.1 Å². The lowest BCUT2D eigenvalue weighted by atomic mass is 10.1. The lowest BCUT2D eigenvalue weighted by Crippen LogP contribution is -2.02. The highest BCUT2D eigenvalue weighted by Crippen LogP contribution is 2.34. The first kappa shape index (κ1) is 14.6. The molecule has 0 bridgehead atoms. The van der Waals surface area contributed by atoms with Crippen LogP contribution in [0, 0.1) is 21.7 Å². The zero-order valence-corrected chi connectivity index (χ0v) is 10.8. The summed E-state index contributed by atoms with van der Waals surface area (Å²) >= 11 is 0. The van der Waals surface area contributed by atoms with Crippen LogP contribution in [-0.4, -0.2) is 10.7 Å². The van der Waals surface area contributed by atoms with E-state index in [1.807, 2.05) is 0 Å². The maximum absolute atomic E-state index is 13.6. The van der Waals surface area contributed by atoms with Crippen molar-refractivity contribution in [3.05, 3.63) is 63.7 Å². The average molecular weight is 293 g/mol. The summed E-state index contributed by atoms with van der Waals surface area (Å²) in [5, 5.41) is 10.9. The molecular formula is C14H9F2NO4. The number of ether oxygens (including phenoxy) is 1. The van der Waals surface area contributed by atoms with Gasteiger partial charge in [0.25, 0.3) is 0 Å². The van der Waals surface area contributed by atoms with Gasteiger partial charge in [0.15, 0.2) is 5.78 Å². The summed E-state index contributed by atoms with van der Waals surface area (Å²) in [5.74, 6) is -2.65. The van der Waals surface area contributed by atoms with Crippen molar-refractivity contribution >= 4 is 11.5 Å². The molecule has 0 aromatic heterocycles. The number of hydrogen-bond donors (Lipinski definition) is 0. The number of benzene rings is 2. The van der Waals surface area contributed by atoms with Gasteiger partial charge in [0.1, 0.15) is 17.4 Å². The Morgan fingerprint density at radius 3 is 2.52 bits per heavy atom. The molecule has 2 aromatic carbocycles. The first-order chi connectivity index (χ1) is 9.90. The highest BCUT2D eigenvalue weighted by molar-refractivity contribution is 5.97. The zero-order chi connectivity index (χ0) is 15.6. The van der Waals surface area contributed by atoms with Crippen LogP contribution in [0.3, 0.4) is 0 Å². The molecule has 0 unspecified atom stereocenters. The predicted molar refractivity (Wildman–Crippen MR) is 69.5 cm³/mol. The summed E-state index contributed by atoms with van der Waals surface area (Å²) in [5.41, 5.74) is -0.940. The van der Waals surface area contributed by atoms with E-state index in [-0.39, 0.29) is 17.1 Å². The van der Waals surface area contributed by atoms with Crippen LogP contribution in [0.2, 0.25) is 0 Å². The van der Waals surface area contributed by atoms with E-state index in [0.717, 1.165) is 25.1 Å². The standard InChI is InChI=1S/C14H9F2NO4/c1-8(18)14-10(16)3-2-4-13(14)21-12-6-5-9(15)7-11(12)17(19)20/h2-7H,1H3. The summed E-state index contributed by atoms with van der Waals surface area (Å²) in [7, 11) is 0. The summed E-state index contributed by atoms with van der Waals surface area (Å²) in [6.07, 6.45) is 0. The minimum Gasteiger partial charge on any atom is -0.449 e. The van der Waals surface area contributed by atoms with Crippen molar-refractivity contribution in [2.24, 2.45) is 0 Å². The molecule has 0 fully saturated rings. The second kappa shape index (κ2) is 5.66. The first-order valence-corrected chi connectivity index (χ1v) is 5.81. The van der Waals surface area contributed by atoms with Gasteiger partial charge in [-0.2, -0.15) is 0 Å². The molecule has 108 valence electrons. The van der Waals surface area contributed by atoms with E-state index in [2.05, 4.69) is 0 Å². The Morgan fingerprint density at radius 1 is 1.19 bits per heavy atom. The molecule has 0 radical (unpaired) electrons. The van der Waals surface area contributed by atoms with Crippen molar-refractivity contribution in [2.75, 3.05) is 0 Å².